The van der Waals surface area contributed by atoms with Gasteiger partial charge in [-0.1, -0.05) is 30.3 Å². The lowest BCUT2D eigenvalue weighted by Crippen LogP contribution is -2.32. The Hall–Kier alpha value is -1.67. The van der Waals surface area contributed by atoms with Gasteiger partial charge >= 0.3 is 0 Å². The molecule has 1 heterocycles. The van der Waals surface area contributed by atoms with E-state index in [1.807, 2.05) is 12.3 Å². The number of pyridine rings is 1. The molecule has 1 unspecified atom stereocenters. The third-order valence-corrected chi connectivity index (χ3v) is 3.83. The average Bonchev–Trinajstić information content (AvgIpc) is 2.46. The molecule has 2 rings (SSSR count). The highest BCUT2D eigenvalue weighted by atomic mass is 15.1. The molecular weight excluding hydrogens is 244 g/mol. The maximum Gasteiger partial charge on any atom is 0.0421 e. The number of benzene rings is 1. The van der Waals surface area contributed by atoms with E-state index in [4.69, 9.17) is 0 Å². The van der Waals surface area contributed by atoms with Crippen molar-refractivity contribution in [1.82, 2.24) is 9.88 Å². The summed E-state index contributed by atoms with van der Waals surface area (Å²) in [5.74, 6) is 0. The summed E-state index contributed by atoms with van der Waals surface area (Å²) in [6.45, 7) is 5.47. The van der Waals surface area contributed by atoms with Crippen LogP contribution in [-0.4, -0.2) is 29.5 Å². The predicted octanol–water partition coefficient (Wildman–Crippen LogP) is 3.50. The maximum absolute atomic E-state index is 4.45. The minimum absolute atomic E-state index is 0.507. The van der Waals surface area contributed by atoms with Crippen molar-refractivity contribution in [2.45, 2.75) is 32.7 Å². The molecule has 106 valence electrons. The molecule has 20 heavy (non-hydrogen) atoms. The first-order valence-electron chi connectivity index (χ1n) is 7.31. The number of hydrogen-bond donors (Lipinski definition) is 0. The van der Waals surface area contributed by atoms with Crippen LogP contribution in [0.2, 0.25) is 0 Å². The van der Waals surface area contributed by atoms with E-state index in [0.29, 0.717) is 6.04 Å². The summed E-state index contributed by atoms with van der Waals surface area (Å²) < 4.78 is 0. The van der Waals surface area contributed by atoms with Gasteiger partial charge < -0.3 is 4.90 Å². The highest BCUT2D eigenvalue weighted by molar-refractivity contribution is 5.16. The van der Waals surface area contributed by atoms with Crippen LogP contribution in [0.3, 0.4) is 0 Å². The number of aromatic nitrogens is 1. The van der Waals surface area contributed by atoms with Gasteiger partial charge in [-0.2, -0.15) is 0 Å². The van der Waals surface area contributed by atoms with E-state index in [2.05, 4.69) is 67.2 Å². The summed E-state index contributed by atoms with van der Waals surface area (Å²) in [4.78, 5) is 6.87. The molecule has 1 aromatic heterocycles. The zero-order chi connectivity index (χ0) is 14.4. The molecule has 0 N–H and O–H groups in total. The summed E-state index contributed by atoms with van der Waals surface area (Å²) in [5.41, 5.74) is 3.87. The van der Waals surface area contributed by atoms with Crippen molar-refractivity contribution in [3.05, 3.63) is 65.5 Å². The molecule has 0 saturated heterocycles. The summed E-state index contributed by atoms with van der Waals surface area (Å²) in [6, 6.07) is 15.4. The summed E-state index contributed by atoms with van der Waals surface area (Å²) >= 11 is 0. The first kappa shape index (κ1) is 14.7. The molecule has 2 aromatic rings. The van der Waals surface area contributed by atoms with Crippen LogP contribution in [0.25, 0.3) is 0 Å². The van der Waals surface area contributed by atoms with Gasteiger partial charge in [0.1, 0.15) is 0 Å². The Labute approximate surface area is 122 Å². The second kappa shape index (κ2) is 7.20. The van der Waals surface area contributed by atoms with E-state index in [1.54, 1.807) is 0 Å². The molecule has 0 aliphatic heterocycles. The molecule has 0 spiro atoms. The molecule has 0 aliphatic carbocycles. The van der Waals surface area contributed by atoms with Crippen molar-refractivity contribution in [3.8, 4) is 0 Å². The van der Waals surface area contributed by atoms with Crippen molar-refractivity contribution in [3.63, 3.8) is 0 Å². The maximum atomic E-state index is 4.45. The molecule has 0 amide bonds. The van der Waals surface area contributed by atoms with Crippen LogP contribution >= 0.6 is 0 Å². The monoisotopic (exact) mass is 268 g/mol. The number of aryl methyl sites for hydroxylation is 1. The summed E-state index contributed by atoms with van der Waals surface area (Å²) in [6.07, 6.45) is 4.01. The zero-order valence-electron chi connectivity index (χ0n) is 12.7. The number of rotatable bonds is 6. The molecule has 1 atom stereocenters. The Bertz CT molecular complexity index is 522. The second-order valence-corrected chi connectivity index (χ2v) is 5.59. The number of nitrogens with zero attached hydrogens (tertiary/aromatic N) is 2. The molecule has 0 radical (unpaired) electrons. The molecule has 0 aliphatic rings. The van der Waals surface area contributed by atoms with E-state index in [1.165, 1.54) is 16.8 Å². The van der Waals surface area contributed by atoms with Crippen LogP contribution in [0, 0.1) is 6.92 Å². The molecule has 0 bridgehead atoms. The van der Waals surface area contributed by atoms with E-state index in [0.717, 1.165) is 19.4 Å². The first-order chi connectivity index (χ1) is 9.65. The third kappa shape index (κ3) is 4.46. The molecule has 0 fully saturated rings. The zero-order valence-corrected chi connectivity index (χ0v) is 12.7. The van der Waals surface area contributed by atoms with Crippen molar-refractivity contribution >= 4 is 0 Å². The molecule has 2 nitrogen and oxygen atoms in total. The fourth-order valence-electron chi connectivity index (χ4n) is 2.34. The van der Waals surface area contributed by atoms with Gasteiger partial charge in [0.15, 0.2) is 0 Å². The van der Waals surface area contributed by atoms with Crippen molar-refractivity contribution in [1.29, 1.82) is 0 Å². The minimum Gasteiger partial charge on any atom is -0.303 e. The SMILES string of the molecule is Cc1ccnc(CC(C)N(C)CCc2ccccc2)c1. The van der Waals surface area contributed by atoms with E-state index in [9.17, 15) is 0 Å². The van der Waals surface area contributed by atoms with Crippen LogP contribution in [0.15, 0.2) is 48.7 Å². The summed E-state index contributed by atoms with van der Waals surface area (Å²) in [7, 11) is 2.20. The van der Waals surface area contributed by atoms with Gasteiger partial charge in [-0.15, -0.1) is 0 Å². The van der Waals surface area contributed by atoms with Gasteiger partial charge in [0.05, 0.1) is 0 Å². The van der Waals surface area contributed by atoms with Crippen molar-refractivity contribution in [2.75, 3.05) is 13.6 Å². The van der Waals surface area contributed by atoms with E-state index in [-0.39, 0.29) is 0 Å². The second-order valence-electron chi connectivity index (χ2n) is 5.59. The molecular formula is C18H24N2. The van der Waals surface area contributed by atoms with Crippen LogP contribution in [0.4, 0.5) is 0 Å². The van der Waals surface area contributed by atoms with E-state index < -0.39 is 0 Å². The highest BCUT2D eigenvalue weighted by Crippen LogP contribution is 2.08. The Balaban J connectivity index is 1.84. The quantitative estimate of drug-likeness (QED) is 0.797. The van der Waals surface area contributed by atoms with Gasteiger partial charge in [0.2, 0.25) is 0 Å². The van der Waals surface area contributed by atoms with Gasteiger partial charge in [0.25, 0.3) is 0 Å². The normalized spacial score (nSPS) is 12.6. The first-order valence-corrected chi connectivity index (χ1v) is 7.31. The Morgan fingerprint density at radius 1 is 1.15 bits per heavy atom. The lowest BCUT2D eigenvalue weighted by molar-refractivity contribution is 0.258. The Kier molecular flexibility index (Phi) is 5.31. The standard InChI is InChI=1S/C18H24N2/c1-15-9-11-19-18(13-15)14-16(2)20(3)12-10-17-7-5-4-6-8-17/h4-9,11,13,16H,10,12,14H2,1-3H3. The van der Waals surface area contributed by atoms with Crippen molar-refractivity contribution in [2.24, 2.45) is 0 Å². The molecule has 2 heteroatoms. The fraction of sp³-hybridized carbons (Fsp3) is 0.389. The molecule has 0 saturated carbocycles. The lowest BCUT2D eigenvalue weighted by Gasteiger charge is -2.24. The summed E-state index contributed by atoms with van der Waals surface area (Å²) in [5, 5.41) is 0. The van der Waals surface area contributed by atoms with Gasteiger partial charge in [-0.25, -0.2) is 0 Å². The van der Waals surface area contributed by atoms with E-state index >= 15 is 0 Å². The number of hydrogen-bond acceptors (Lipinski definition) is 2. The highest BCUT2D eigenvalue weighted by Gasteiger charge is 2.10. The van der Waals surface area contributed by atoms with Gasteiger partial charge in [0, 0.05) is 30.9 Å². The topological polar surface area (TPSA) is 16.1 Å². The van der Waals surface area contributed by atoms with Crippen LogP contribution < -0.4 is 0 Å². The largest absolute Gasteiger partial charge is 0.303 e. The average molecular weight is 268 g/mol. The Morgan fingerprint density at radius 2 is 1.90 bits per heavy atom. The van der Waals surface area contributed by atoms with Gasteiger partial charge in [-0.3, -0.25) is 4.98 Å². The lowest BCUT2D eigenvalue weighted by atomic mass is 10.1. The Morgan fingerprint density at radius 3 is 2.60 bits per heavy atom. The predicted molar refractivity (Wildman–Crippen MR) is 84.9 cm³/mol. The smallest absolute Gasteiger partial charge is 0.0421 e. The van der Waals surface area contributed by atoms with Crippen LogP contribution in [-0.2, 0) is 12.8 Å². The third-order valence-electron chi connectivity index (χ3n) is 3.83. The number of likely N-dealkylation sites (N-methyl/N-ethyl adjacent to an activating group) is 1. The van der Waals surface area contributed by atoms with Crippen LogP contribution in [0.5, 0.6) is 0 Å². The van der Waals surface area contributed by atoms with Gasteiger partial charge in [-0.05, 0) is 50.6 Å². The minimum atomic E-state index is 0.507. The fourth-order valence-corrected chi connectivity index (χ4v) is 2.34. The molecule has 1 aromatic carbocycles. The van der Waals surface area contributed by atoms with Crippen LogP contribution in [0.1, 0.15) is 23.7 Å². The van der Waals surface area contributed by atoms with Crippen molar-refractivity contribution < 1.29 is 0 Å².